The molecule has 5 rings (SSSR count). The lowest BCUT2D eigenvalue weighted by Crippen LogP contribution is -2.38. The number of halogens is 1. The summed E-state index contributed by atoms with van der Waals surface area (Å²) < 4.78 is 20.4. The number of nitrogens with zero attached hydrogens (tertiary/aromatic N) is 4. The number of piperidine rings is 1. The summed E-state index contributed by atoms with van der Waals surface area (Å²) in [5.74, 6) is 0.554. The van der Waals surface area contributed by atoms with Crippen LogP contribution in [0.25, 0.3) is 16.2 Å². The quantitative estimate of drug-likeness (QED) is 0.441. The highest BCUT2D eigenvalue weighted by Gasteiger charge is 2.27. The van der Waals surface area contributed by atoms with Gasteiger partial charge >= 0.3 is 0 Å². The Hall–Kier alpha value is -3.46. The molecule has 2 aromatic carbocycles. The molecule has 0 spiro atoms. The van der Waals surface area contributed by atoms with Gasteiger partial charge in [0.05, 0.1) is 18.5 Å². The summed E-state index contributed by atoms with van der Waals surface area (Å²) in [4.78, 5) is 20.3. The van der Waals surface area contributed by atoms with Gasteiger partial charge in [0.2, 0.25) is 16.0 Å². The molecule has 0 unspecified atom stereocenters. The van der Waals surface area contributed by atoms with Crippen LogP contribution in [0, 0.1) is 11.7 Å². The zero-order chi connectivity index (χ0) is 22.8. The number of benzene rings is 2. The van der Waals surface area contributed by atoms with E-state index in [2.05, 4.69) is 20.3 Å². The molecule has 0 radical (unpaired) electrons. The van der Waals surface area contributed by atoms with Gasteiger partial charge in [-0.15, -0.1) is 5.10 Å². The summed E-state index contributed by atoms with van der Waals surface area (Å²) in [7, 11) is 0. The lowest BCUT2D eigenvalue weighted by atomic mass is 9.96. The predicted molar refractivity (Wildman–Crippen MR) is 127 cm³/mol. The lowest BCUT2D eigenvalue weighted by molar-refractivity contribution is -0.120. The maximum atomic E-state index is 13.2. The average molecular weight is 466 g/mol. The molecule has 1 aliphatic rings. The lowest BCUT2D eigenvalue weighted by Gasteiger charge is -2.30. The van der Waals surface area contributed by atoms with Crippen LogP contribution >= 0.6 is 11.3 Å². The van der Waals surface area contributed by atoms with E-state index in [1.807, 2.05) is 37.4 Å². The first-order valence-corrected chi connectivity index (χ1v) is 11.8. The molecule has 1 amide bonds. The summed E-state index contributed by atoms with van der Waals surface area (Å²) in [5.41, 5.74) is 2.41. The Morgan fingerprint density at radius 3 is 2.55 bits per heavy atom. The zero-order valence-electron chi connectivity index (χ0n) is 18.2. The minimum atomic E-state index is -0.267. The van der Waals surface area contributed by atoms with Crippen molar-refractivity contribution < 1.29 is 13.9 Å². The fraction of sp³-hybridized carbons (Fsp3) is 0.292. The van der Waals surface area contributed by atoms with Crippen molar-refractivity contribution in [1.29, 1.82) is 0 Å². The van der Waals surface area contributed by atoms with E-state index in [-0.39, 0.29) is 17.6 Å². The van der Waals surface area contributed by atoms with Crippen molar-refractivity contribution in [3.8, 4) is 17.0 Å². The van der Waals surface area contributed by atoms with Gasteiger partial charge in [-0.1, -0.05) is 11.3 Å². The Kier molecular flexibility index (Phi) is 5.95. The molecule has 0 bridgehead atoms. The minimum Gasteiger partial charge on any atom is -0.494 e. The van der Waals surface area contributed by atoms with E-state index in [1.165, 1.54) is 23.5 Å². The van der Waals surface area contributed by atoms with Gasteiger partial charge in [-0.05, 0) is 68.3 Å². The number of hydrogen-bond donors (Lipinski definition) is 1. The molecule has 1 aliphatic heterocycles. The Labute approximate surface area is 194 Å². The molecule has 3 heterocycles. The van der Waals surface area contributed by atoms with Gasteiger partial charge in [-0.2, -0.15) is 0 Å². The number of anilines is 2. The van der Waals surface area contributed by atoms with Crippen molar-refractivity contribution >= 4 is 33.0 Å². The third-order valence-electron chi connectivity index (χ3n) is 5.74. The minimum absolute atomic E-state index is 0.0260. The second-order valence-electron chi connectivity index (χ2n) is 7.95. The number of hydrogen-bond acceptors (Lipinski definition) is 6. The Morgan fingerprint density at radius 1 is 1.15 bits per heavy atom. The second kappa shape index (κ2) is 9.19. The first kappa shape index (κ1) is 21.4. The molecule has 0 saturated carbocycles. The number of amides is 1. The van der Waals surface area contributed by atoms with Crippen LogP contribution in [-0.2, 0) is 4.79 Å². The average Bonchev–Trinajstić information content (AvgIpc) is 3.41. The SMILES string of the molecule is CCOc1ccc(NC(=O)C2CCN(c3nn4cc(-c5ccc(F)cc5)nc4s3)CC2)cc1. The fourth-order valence-electron chi connectivity index (χ4n) is 3.96. The van der Waals surface area contributed by atoms with E-state index >= 15 is 0 Å². The molecule has 2 aromatic heterocycles. The highest BCUT2D eigenvalue weighted by atomic mass is 32.1. The van der Waals surface area contributed by atoms with E-state index in [9.17, 15) is 9.18 Å². The molecule has 1 N–H and O–H groups in total. The molecule has 9 heteroatoms. The van der Waals surface area contributed by atoms with Crippen LogP contribution in [0.5, 0.6) is 5.75 Å². The first-order chi connectivity index (χ1) is 16.1. The Balaban J connectivity index is 1.18. The third-order valence-corrected chi connectivity index (χ3v) is 6.72. The van der Waals surface area contributed by atoms with Gasteiger partial charge in [-0.25, -0.2) is 13.9 Å². The van der Waals surface area contributed by atoms with Crippen LogP contribution in [0.1, 0.15) is 19.8 Å². The summed E-state index contributed by atoms with van der Waals surface area (Å²) in [6.07, 6.45) is 3.40. The van der Waals surface area contributed by atoms with Gasteiger partial charge in [0.15, 0.2) is 0 Å². The highest BCUT2D eigenvalue weighted by molar-refractivity contribution is 7.20. The zero-order valence-corrected chi connectivity index (χ0v) is 19.0. The van der Waals surface area contributed by atoms with Crippen molar-refractivity contribution in [2.45, 2.75) is 19.8 Å². The number of aromatic nitrogens is 3. The van der Waals surface area contributed by atoms with Crippen molar-refractivity contribution in [2.75, 3.05) is 29.9 Å². The van der Waals surface area contributed by atoms with Crippen LogP contribution < -0.4 is 15.0 Å². The number of carbonyl (C=O) groups is 1. The Bertz CT molecular complexity index is 1210. The largest absolute Gasteiger partial charge is 0.494 e. The molecular formula is C24H24FN5O2S. The molecule has 0 aliphatic carbocycles. The molecule has 0 atom stereocenters. The summed E-state index contributed by atoms with van der Waals surface area (Å²) in [6.45, 7) is 4.09. The standard InChI is InChI=1S/C24H24FN5O2S/c1-2-32-20-9-7-19(8-10-20)26-22(31)17-11-13-29(14-12-17)24-28-30-15-21(27-23(30)33-24)16-3-5-18(25)6-4-16/h3-10,15,17H,2,11-14H2,1H3,(H,26,31). The number of imidazole rings is 1. The second-order valence-corrected chi connectivity index (χ2v) is 8.89. The molecule has 1 fully saturated rings. The van der Waals surface area contributed by atoms with Gasteiger partial charge in [0, 0.05) is 30.3 Å². The van der Waals surface area contributed by atoms with Crippen LogP contribution in [-0.4, -0.2) is 40.2 Å². The normalized spacial score (nSPS) is 14.5. The number of carbonyl (C=O) groups excluding carboxylic acids is 1. The number of fused-ring (bicyclic) bond motifs is 1. The third kappa shape index (κ3) is 4.68. The molecule has 33 heavy (non-hydrogen) atoms. The van der Waals surface area contributed by atoms with Gasteiger partial charge in [0.25, 0.3) is 0 Å². The van der Waals surface area contributed by atoms with E-state index < -0.39 is 0 Å². The van der Waals surface area contributed by atoms with Gasteiger partial charge < -0.3 is 15.0 Å². The summed E-state index contributed by atoms with van der Waals surface area (Å²) in [6, 6.07) is 13.7. The van der Waals surface area contributed by atoms with Gasteiger partial charge in [-0.3, -0.25) is 4.79 Å². The van der Waals surface area contributed by atoms with Crippen molar-refractivity contribution in [3.63, 3.8) is 0 Å². The monoisotopic (exact) mass is 465 g/mol. The topological polar surface area (TPSA) is 71.8 Å². The van der Waals surface area contributed by atoms with Crippen LogP contribution in [0.15, 0.2) is 54.7 Å². The van der Waals surface area contributed by atoms with Gasteiger partial charge in [0.1, 0.15) is 11.6 Å². The van der Waals surface area contributed by atoms with Crippen LogP contribution in [0.3, 0.4) is 0 Å². The van der Waals surface area contributed by atoms with E-state index in [0.717, 1.165) is 58.7 Å². The fourth-order valence-corrected chi connectivity index (χ4v) is 4.89. The van der Waals surface area contributed by atoms with Crippen molar-refractivity contribution in [3.05, 3.63) is 60.5 Å². The van der Waals surface area contributed by atoms with Crippen molar-refractivity contribution in [2.24, 2.45) is 5.92 Å². The molecule has 170 valence electrons. The maximum absolute atomic E-state index is 13.2. The molecule has 7 nitrogen and oxygen atoms in total. The first-order valence-electron chi connectivity index (χ1n) is 11.0. The number of nitrogens with one attached hydrogen (secondary N) is 1. The predicted octanol–water partition coefficient (Wildman–Crippen LogP) is 4.85. The van der Waals surface area contributed by atoms with E-state index in [1.54, 1.807) is 16.6 Å². The molecular weight excluding hydrogens is 441 g/mol. The number of rotatable bonds is 6. The summed E-state index contributed by atoms with van der Waals surface area (Å²) in [5, 5.41) is 8.58. The molecule has 4 aromatic rings. The van der Waals surface area contributed by atoms with Crippen molar-refractivity contribution in [1.82, 2.24) is 14.6 Å². The maximum Gasteiger partial charge on any atom is 0.227 e. The smallest absolute Gasteiger partial charge is 0.227 e. The van der Waals surface area contributed by atoms with Crippen LogP contribution in [0.2, 0.25) is 0 Å². The summed E-state index contributed by atoms with van der Waals surface area (Å²) >= 11 is 1.52. The molecule has 1 saturated heterocycles. The van der Waals surface area contributed by atoms with E-state index in [4.69, 9.17) is 4.74 Å². The highest BCUT2D eigenvalue weighted by Crippen LogP contribution is 2.30. The number of ether oxygens (including phenoxy) is 1. The Morgan fingerprint density at radius 2 is 1.88 bits per heavy atom. The van der Waals surface area contributed by atoms with E-state index in [0.29, 0.717) is 6.61 Å². The van der Waals surface area contributed by atoms with Crippen LogP contribution in [0.4, 0.5) is 15.2 Å².